The summed E-state index contributed by atoms with van der Waals surface area (Å²) >= 11 is 0. The molecule has 0 amide bonds. The summed E-state index contributed by atoms with van der Waals surface area (Å²) in [5.41, 5.74) is 0.403. The van der Waals surface area contributed by atoms with Crippen molar-refractivity contribution in [2.75, 3.05) is 30.5 Å². The molecular weight excluding hydrogens is 281 g/mol. The minimum Gasteiger partial charge on any atom is -0.315 e. The average molecular weight is 299 g/mol. The van der Waals surface area contributed by atoms with Gasteiger partial charge in [0.05, 0.1) is 5.69 Å². The summed E-state index contributed by atoms with van der Waals surface area (Å²) in [6.45, 7) is 2.48. The van der Waals surface area contributed by atoms with E-state index in [4.69, 9.17) is 0 Å². The molecule has 2 heterocycles. The van der Waals surface area contributed by atoms with E-state index in [-0.39, 0.29) is 6.04 Å². The Hall–Kier alpha value is -1.18. The van der Waals surface area contributed by atoms with Gasteiger partial charge >= 0.3 is 10.2 Å². The van der Waals surface area contributed by atoms with Gasteiger partial charge in [0.2, 0.25) is 0 Å². The summed E-state index contributed by atoms with van der Waals surface area (Å²) in [4.78, 5) is 0. The highest BCUT2D eigenvalue weighted by Gasteiger charge is 2.39. The first kappa shape index (κ1) is 13.8. The van der Waals surface area contributed by atoms with Crippen LogP contribution < -0.4 is 9.62 Å². The van der Waals surface area contributed by atoms with Crippen LogP contribution in [0, 0.1) is 5.82 Å². The van der Waals surface area contributed by atoms with Crippen LogP contribution in [0.1, 0.15) is 12.8 Å². The Morgan fingerprint density at radius 3 is 2.85 bits per heavy atom. The predicted octanol–water partition coefficient (Wildman–Crippen LogP) is 0.945. The maximum absolute atomic E-state index is 13.3. The highest BCUT2D eigenvalue weighted by Crippen LogP contribution is 2.27. The molecule has 1 aromatic carbocycles. The van der Waals surface area contributed by atoms with Gasteiger partial charge in [-0.1, -0.05) is 6.07 Å². The molecule has 0 spiro atoms. The highest BCUT2D eigenvalue weighted by atomic mass is 32.2. The van der Waals surface area contributed by atoms with Crippen molar-refractivity contribution in [3.05, 3.63) is 30.1 Å². The van der Waals surface area contributed by atoms with Crippen LogP contribution in [0.3, 0.4) is 0 Å². The number of rotatable bonds is 2. The van der Waals surface area contributed by atoms with Crippen molar-refractivity contribution >= 4 is 15.9 Å². The Labute approximate surface area is 118 Å². The molecule has 0 saturated carbocycles. The molecule has 2 aliphatic rings. The molecule has 5 nitrogen and oxygen atoms in total. The SMILES string of the molecule is O=S1(=O)N(c2cccc(F)c2)CCCN1C1CCNC1. The van der Waals surface area contributed by atoms with E-state index in [0.29, 0.717) is 25.3 Å². The quantitative estimate of drug-likeness (QED) is 0.884. The van der Waals surface area contributed by atoms with Crippen molar-refractivity contribution in [1.29, 1.82) is 0 Å². The molecule has 2 aliphatic heterocycles. The van der Waals surface area contributed by atoms with Crippen LogP contribution in [-0.2, 0) is 10.2 Å². The highest BCUT2D eigenvalue weighted by molar-refractivity contribution is 7.90. The minimum absolute atomic E-state index is 0.0105. The maximum atomic E-state index is 13.3. The molecule has 1 aromatic rings. The van der Waals surface area contributed by atoms with E-state index in [9.17, 15) is 12.8 Å². The molecule has 0 radical (unpaired) electrons. The van der Waals surface area contributed by atoms with Gasteiger partial charge in [0.15, 0.2) is 0 Å². The van der Waals surface area contributed by atoms with Gasteiger partial charge < -0.3 is 5.32 Å². The van der Waals surface area contributed by atoms with Crippen LogP contribution in [-0.4, -0.2) is 44.9 Å². The van der Waals surface area contributed by atoms with E-state index in [1.165, 1.54) is 22.5 Å². The van der Waals surface area contributed by atoms with Gasteiger partial charge in [0.1, 0.15) is 5.82 Å². The fraction of sp³-hybridized carbons (Fsp3) is 0.538. The molecule has 3 rings (SSSR count). The standard InChI is InChI=1S/C13H18FN3O2S/c14-11-3-1-4-12(9-11)16-7-2-8-17(20(16,18)19)13-5-6-15-10-13/h1,3-4,9,13,15H,2,5-8,10H2. The van der Waals surface area contributed by atoms with Crippen molar-refractivity contribution in [2.24, 2.45) is 0 Å². The lowest BCUT2D eigenvalue weighted by Gasteiger charge is -2.38. The first-order chi connectivity index (χ1) is 9.59. The molecule has 0 aromatic heterocycles. The zero-order valence-electron chi connectivity index (χ0n) is 11.1. The fourth-order valence-electron chi connectivity index (χ4n) is 2.88. The van der Waals surface area contributed by atoms with E-state index in [1.807, 2.05) is 0 Å². The van der Waals surface area contributed by atoms with Gasteiger partial charge in [0.25, 0.3) is 0 Å². The number of anilines is 1. The van der Waals surface area contributed by atoms with Crippen LogP contribution in [0.5, 0.6) is 0 Å². The van der Waals surface area contributed by atoms with Crippen LogP contribution in [0.2, 0.25) is 0 Å². The van der Waals surface area contributed by atoms with Gasteiger partial charge in [-0.15, -0.1) is 0 Å². The molecule has 7 heteroatoms. The molecule has 1 unspecified atom stereocenters. The zero-order chi connectivity index (χ0) is 14.2. The summed E-state index contributed by atoms with van der Waals surface area (Å²) in [5, 5.41) is 3.19. The summed E-state index contributed by atoms with van der Waals surface area (Å²) < 4.78 is 41.6. The van der Waals surface area contributed by atoms with E-state index in [1.54, 1.807) is 10.4 Å². The van der Waals surface area contributed by atoms with Crippen LogP contribution in [0.15, 0.2) is 24.3 Å². The Balaban J connectivity index is 1.91. The Morgan fingerprint density at radius 2 is 2.15 bits per heavy atom. The Bertz CT molecular complexity index is 587. The minimum atomic E-state index is -3.56. The third-order valence-electron chi connectivity index (χ3n) is 3.85. The van der Waals surface area contributed by atoms with Gasteiger partial charge in [-0.2, -0.15) is 12.7 Å². The van der Waals surface area contributed by atoms with Crippen LogP contribution >= 0.6 is 0 Å². The largest absolute Gasteiger partial charge is 0.315 e. The lowest BCUT2D eigenvalue weighted by atomic mass is 10.2. The normalized spacial score (nSPS) is 26.9. The second kappa shape index (κ2) is 5.31. The molecule has 0 bridgehead atoms. The van der Waals surface area contributed by atoms with Gasteiger partial charge in [0, 0.05) is 25.7 Å². The van der Waals surface area contributed by atoms with Gasteiger partial charge in [-0.3, -0.25) is 4.31 Å². The number of nitrogens with one attached hydrogen (secondary N) is 1. The Kier molecular flexibility index (Phi) is 3.66. The van der Waals surface area contributed by atoms with Crippen molar-refractivity contribution in [2.45, 2.75) is 18.9 Å². The van der Waals surface area contributed by atoms with Crippen molar-refractivity contribution in [1.82, 2.24) is 9.62 Å². The average Bonchev–Trinajstić information content (AvgIpc) is 2.91. The third kappa shape index (κ3) is 2.41. The molecule has 0 aliphatic carbocycles. The topological polar surface area (TPSA) is 52.7 Å². The van der Waals surface area contributed by atoms with Crippen molar-refractivity contribution in [3.63, 3.8) is 0 Å². The molecular formula is C13H18FN3O2S. The van der Waals surface area contributed by atoms with Crippen molar-refractivity contribution in [3.8, 4) is 0 Å². The summed E-state index contributed by atoms with van der Waals surface area (Å²) in [5.74, 6) is -0.419. The predicted molar refractivity (Wildman–Crippen MR) is 75.3 cm³/mol. The van der Waals surface area contributed by atoms with Gasteiger partial charge in [-0.25, -0.2) is 4.39 Å². The van der Waals surface area contributed by atoms with Crippen molar-refractivity contribution < 1.29 is 12.8 Å². The second-order valence-electron chi connectivity index (χ2n) is 5.17. The second-order valence-corrected chi connectivity index (χ2v) is 6.98. The molecule has 1 N–H and O–H groups in total. The Morgan fingerprint density at radius 1 is 1.30 bits per heavy atom. The zero-order valence-corrected chi connectivity index (χ0v) is 11.9. The van der Waals surface area contributed by atoms with Gasteiger partial charge in [-0.05, 0) is 37.6 Å². The van der Waals surface area contributed by atoms with E-state index >= 15 is 0 Å². The lowest BCUT2D eigenvalue weighted by Crippen LogP contribution is -2.54. The van der Waals surface area contributed by atoms with E-state index in [0.717, 1.165) is 19.4 Å². The summed E-state index contributed by atoms with van der Waals surface area (Å²) in [6, 6.07) is 5.77. The molecule has 20 heavy (non-hydrogen) atoms. The lowest BCUT2D eigenvalue weighted by molar-refractivity contribution is 0.318. The first-order valence-electron chi connectivity index (χ1n) is 6.85. The van der Waals surface area contributed by atoms with Crippen LogP contribution in [0.4, 0.5) is 10.1 Å². The summed E-state index contributed by atoms with van der Waals surface area (Å²) in [7, 11) is -3.56. The molecule has 2 fully saturated rings. The van der Waals surface area contributed by atoms with E-state index < -0.39 is 16.0 Å². The molecule has 1 atom stereocenters. The number of hydrogen-bond donors (Lipinski definition) is 1. The summed E-state index contributed by atoms with van der Waals surface area (Å²) in [6.07, 6.45) is 1.59. The number of halogens is 1. The first-order valence-corrected chi connectivity index (χ1v) is 8.24. The number of hydrogen-bond acceptors (Lipinski definition) is 3. The smallest absolute Gasteiger partial charge is 0.304 e. The number of benzene rings is 1. The fourth-order valence-corrected chi connectivity index (χ4v) is 4.79. The van der Waals surface area contributed by atoms with Crippen LogP contribution in [0.25, 0.3) is 0 Å². The maximum Gasteiger partial charge on any atom is 0.304 e. The monoisotopic (exact) mass is 299 g/mol. The molecule has 2 saturated heterocycles. The third-order valence-corrected chi connectivity index (χ3v) is 5.88. The van der Waals surface area contributed by atoms with E-state index in [2.05, 4.69) is 5.32 Å². The molecule has 110 valence electrons. The number of nitrogens with zero attached hydrogens (tertiary/aromatic N) is 2.